The molecule has 0 aliphatic heterocycles. The Hall–Kier alpha value is -2.43. The van der Waals surface area contributed by atoms with Gasteiger partial charge in [-0.1, -0.05) is 18.2 Å². The number of aromatic nitrogens is 1. The van der Waals surface area contributed by atoms with Crippen LogP contribution in [0, 0.1) is 5.95 Å². The highest BCUT2D eigenvalue weighted by Crippen LogP contribution is 2.17. The van der Waals surface area contributed by atoms with Gasteiger partial charge in [-0.2, -0.15) is 4.39 Å². The molecule has 0 fully saturated rings. The Morgan fingerprint density at radius 2 is 1.94 bits per heavy atom. The average Bonchev–Trinajstić information content (AvgIpc) is 2.29. The van der Waals surface area contributed by atoms with Gasteiger partial charge in [-0.15, -0.1) is 0 Å². The zero-order valence-electron chi connectivity index (χ0n) is 8.72. The quantitative estimate of drug-likeness (QED) is 0.780. The molecule has 0 atom stereocenters. The molecule has 0 aliphatic carbocycles. The molecule has 0 bridgehead atoms. The number of rotatable bonds is 2. The van der Waals surface area contributed by atoms with Gasteiger partial charge in [0.05, 0.1) is 5.56 Å². The zero-order chi connectivity index (χ0) is 12.3. The van der Waals surface area contributed by atoms with Crippen LogP contribution in [-0.4, -0.2) is 16.0 Å². The highest BCUT2D eigenvalue weighted by Gasteiger charge is 2.10. The molecule has 0 unspecified atom stereocenters. The Balaban J connectivity index is 2.20. The molecule has 0 aliphatic rings. The van der Waals surface area contributed by atoms with Gasteiger partial charge in [0.25, 0.3) is 5.91 Å². The normalized spacial score (nSPS) is 9.94. The third-order valence-corrected chi connectivity index (χ3v) is 2.11. The summed E-state index contributed by atoms with van der Waals surface area (Å²) in [5.74, 6) is -1.26. The van der Waals surface area contributed by atoms with E-state index in [2.05, 4.69) is 10.3 Å². The molecule has 86 valence electrons. The lowest BCUT2D eigenvalue weighted by Gasteiger charge is -2.05. The standard InChI is InChI=1S/C12H9FN2O2/c13-10-6-3-7-11(14-10)15-12(17)8-4-1-2-5-9(8)16/h1-7,16H,(H,14,15,17). The van der Waals surface area contributed by atoms with Crippen LogP contribution >= 0.6 is 0 Å². The molecule has 5 heteroatoms. The van der Waals surface area contributed by atoms with E-state index in [-0.39, 0.29) is 17.1 Å². The first-order valence-corrected chi connectivity index (χ1v) is 4.89. The van der Waals surface area contributed by atoms with E-state index in [0.29, 0.717) is 0 Å². The molecule has 0 saturated carbocycles. The van der Waals surface area contributed by atoms with Crippen LogP contribution in [0.2, 0.25) is 0 Å². The number of para-hydroxylation sites is 1. The Morgan fingerprint density at radius 3 is 2.65 bits per heavy atom. The molecule has 1 heterocycles. The first-order chi connectivity index (χ1) is 8.16. The monoisotopic (exact) mass is 232 g/mol. The minimum atomic E-state index is -0.680. The number of nitrogens with zero attached hydrogens (tertiary/aromatic N) is 1. The number of aromatic hydroxyl groups is 1. The topological polar surface area (TPSA) is 62.2 Å². The summed E-state index contributed by atoms with van der Waals surface area (Å²) in [5, 5.41) is 11.8. The molecule has 4 nitrogen and oxygen atoms in total. The van der Waals surface area contributed by atoms with Crippen molar-refractivity contribution < 1.29 is 14.3 Å². The van der Waals surface area contributed by atoms with Crippen molar-refractivity contribution in [2.45, 2.75) is 0 Å². The minimum absolute atomic E-state index is 0.0956. The van der Waals surface area contributed by atoms with Gasteiger partial charge in [-0.3, -0.25) is 4.79 Å². The molecular formula is C12H9FN2O2. The van der Waals surface area contributed by atoms with Crippen LogP contribution in [0.5, 0.6) is 5.75 Å². The van der Waals surface area contributed by atoms with Crippen molar-refractivity contribution in [3.8, 4) is 5.75 Å². The summed E-state index contributed by atoms with van der Waals surface area (Å²) in [7, 11) is 0. The first kappa shape index (κ1) is 11.1. The Labute approximate surface area is 96.7 Å². The van der Waals surface area contributed by atoms with Crippen molar-refractivity contribution >= 4 is 11.7 Å². The number of pyridine rings is 1. The second-order valence-electron chi connectivity index (χ2n) is 3.32. The zero-order valence-corrected chi connectivity index (χ0v) is 8.72. The minimum Gasteiger partial charge on any atom is -0.507 e. The molecule has 1 aromatic carbocycles. The fourth-order valence-electron chi connectivity index (χ4n) is 1.33. The average molecular weight is 232 g/mol. The van der Waals surface area contributed by atoms with Gasteiger partial charge in [0, 0.05) is 0 Å². The fraction of sp³-hybridized carbons (Fsp3) is 0. The summed E-state index contributed by atoms with van der Waals surface area (Å²) in [4.78, 5) is 15.2. The fourth-order valence-corrected chi connectivity index (χ4v) is 1.33. The van der Waals surface area contributed by atoms with Crippen LogP contribution in [0.1, 0.15) is 10.4 Å². The number of amides is 1. The van der Waals surface area contributed by atoms with Crippen LogP contribution in [-0.2, 0) is 0 Å². The van der Waals surface area contributed by atoms with Crippen LogP contribution < -0.4 is 5.32 Å². The van der Waals surface area contributed by atoms with Crippen molar-refractivity contribution in [1.82, 2.24) is 4.98 Å². The highest BCUT2D eigenvalue weighted by atomic mass is 19.1. The third kappa shape index (κ3) is 2.57. The van der Waals surface area contributed by atoms with Gasteiger partial charge in [0.2, 0.25) is 5.95 Å². The molecular weight excluding hydrogens is 223 g/mol. The van der Waals surface area contributed by atoms with Crippen LogP contribution in [0.3, 0.4) is 0 Å². The number of halogens is 1. The maximum atomic E-state index is 12.8. The van der Waals surface area contributed by atoms with Crippen molar-refractivity contribution in [2.75, 3.05) is 5.32 Å². The number of nitrogens with one attached hydrogen (secondary N) is 1. The molecule has 2 aromatic rings. The number of hydrogen-bond donors (Lipinski definition) is 2. The van der Waals surface area contributed by atoms with Gasteiger partial charge < -0.3 is 10.4 Å². The molecule has 2 N–H and O–H groups in total. The smallest absolute Gasteiger partial charge is 0.260 e. The maximum absolute atomic E-state index is 12.8. The molecule has 0 spiro atoms. The van der Waals surface area contributed by atoms with Crippen molar-refractivity contribution in [1.29, 1.82) is 0 Å². The Kier molecular flexibility index (Phi) is 3.00. The molecule has 0 radical (unpaired) electrons. The van der Waals surface area contributed by atoms with Crippen molar-refractivity contribution in [3.05, 3.63) is 54.0 Å². The van der Waals surface area contributed by atoms with Gasteiger partial charge in [-0.25, -0.2) is 4.98 Å². The van der Waals surface area contributed by atoms with E-state index in [1.807, 2.05) is 0 Å². The highest BCUT2D eigenvalue weighted by molar-refractivity contribution is 6.05. The van der Waals surface area contributed by atoms with Crippen LogP contribution in [0.15, 0.2) is 42.5 Å². The van der Waals surface area contributed by atoms with E-state index < -0.39 is 11.9 Å². The largest absolute Gasteiger partial charge is 0.507 e. The van der Waals surface area contributed by atoms with Crippen molar-refractivity contribution in [3.63, 3.8) is 0 Å². The maximum Gasteiger partial charge on any atom is 0.260 e. The van der Waals surface area contributed by atoms with Gasteiger partial charge in [-0.05, 0) is 24.3 Å². The summed E-state index contributed by atoms with van der Waals surface area (Å²) < 4.78 is 12.8. The van der Waals surface area contributed by atoms with Crippen LogP contribution in [0.25, 0.3) is 0 Å². The number of carbonyl (C=O) groups excluding carboxylic acids is 1. The number of carbonyl (C=O) groups is 1. The Bertz CT molecular complexity index is 558. The van der Waals surface area contributed by atoms with E-state index in [4.69, 9.17) is 0 Å². The second kappa shape index (κ2) is 4.61. The molecule has 1 amide bonds. The lowest BCUT2D eigenvalue weighted by molar-refractivity contribution is 0.102. The second-order valence-corrected chi connectivity index (χ2v) is 3.32. The summed E-state index contributed by atoms with van der Waals surface area (Å²) in [6.45, 7) is 0. The molecule has 1 aromatic heterocycles. The van der Waals surface area contributed by atoms with E-state index in [1.54, 1.807) is 12.1 Å². The molecule has 2 rings (SSSR count). The summed E-state index contributed by atoms with van der Waals surface area (Å²) in [5.41, 5.74) is 0.110. The number of hydrogen-bond acceptors (Lipinski definition) is 3. The van der Waals surface area contributed by atoms with E-state index in [1.165, 1.54) is 30.3 Å². The summed E-state index contributed by atoms with van der Waals surface area (Å²) in [6.07, 6.45) is 0. The molecule has 17 heavy (non-hydrogen) atoms. The van der Waals surface area contributed by atoms with Crippen molar-refractivity contribution in [2.24, 2.45) is 0 Å². The number of phenolic OH excluding ortho intramolecular Hbond substituents is 1. The number of benzene rings is 1. The lowest BCUT2D eigenvalue weighted by atomic mass is 10.2. The van der Waals surface area contributed by atoms with Crippen LogP contribution in [0.4, 0.5) is 10.2 Å². The number of phenols is 1. The van der Waals surface area contributed by atoms with E-state index >= 15 is 0 Å². The predicted molar refractivity (Wildman–Crippen MR) is 60.3 cm³/mol. The SMILES string of the molecule is O=C(Nc1cccc(F)n1)c1ccccc1O. The molecule has 0 saturated heterocycles. The Morgan fingerprint density at radius 1 is 1.18 bits per heavy atom. The lowest BCUT2D eigenvalue weighted by Crippen LogP contribution is -2.13. The van der Waals surface area contributed by atoms with Gasteiger partial charge >= 0.3 is 0 Å². The summed E-state index contributed by atoms with van der Waals surface area (Å²) >= 11 is 0. The number of anilines is 1. The van der Waals surface area contributed by atoms with E-state index in [0.717, 1.165) is 0 Å². The van der Waals surface area contributed by atoms with Gasteiger partial charge in [0.1, 0.15) is 11.6 Å². The first-order valence-electron chi connectivity index (χ1n) is 4.89. The van der Waals surface area contributed by atoms with Gasteiger partial charge in [0.15, 0.2) is 0 Å². The van der Waals surface area contributed by atoms with E-state index in [9.17, 15) is 14.3 Å². The third-order valence-electron chi connectivity index (χ3n) is 2.11. The summed E-state index contributed by atoms with van der Waals surface area (Å²) in [6, 6.07) is 10.2. The predicted octanol–water partition coefficient (Wildman–Crippen LogP) is 2.18.